The third kappa shape index (κ3) is 7.51. The molecule has 2 aromatic rings. The molecule has 0 radical (unpaired) electrons. The summed E-state index contributed by atoms with van der Waals surface area (Å²) in [6.07, 6.45) is 0.906. The second-order valence-corrected chi connectivity index (χ2v) is 15.4. The SMILES string of the molecule is COc1c(CN2O[C@@H](CO)[C@@H]([C@H](C)O)C2C(=O)N[C@H]2CC3C[C@@H]([C@@H]2C)C3(C)C)cccc1-c1cc(F)cc(C(=O)N[C@H](CO)CC(C)C)c1. The van der Waals surface area contributed by atoms with Gasteiger partial charge in [-0.3, -0.25) is 14.4 Å². The van der Waals surface area contributed by atoms with E-state index in [9.17, 15) is 24.9 Å². The Hall–Kier alpha value is -3.09. The molecule has 2 bridgehead atoms. The number of hydrogen-bond donors (Lipinski definition) is 5. The van der Waals surface area contributed by atoms with Crippen LogP contribution in [0.2, 0.25) is 0 Å². The van der Waals surface area contributed by atoms with E-state index in [1.165, 1.54) is 24.7 Å². The number of benzene rings is 2. The van der Waals surface area contributed by atoms with E-state index in [1.54, 1.807) is 25.1 Å². The highest BCUT2D eigenvalue weighted by Crippen LogP contribution is 2.61. The van der Waals surface area contributed by atoms with Crippen LogP contribution >= 0.6 is 0 Å². The molecule has 2 unspecified atom stereocenters. The Morgan fingerprint density at radius 1 is 1.14 bits per heavy atom. The summed E-state index contributed by atoms with van der Waals surface area (Å²) in [6.45, 7) is 11.9. The number of nitrogens with one attached hydrogen (secondary N) is 2. The highest BCUT2D eigenvalue weighted by Gasteiger charge is 2.57. The number of carbonyl (C=O) groups is 2. The van der Waals surface area contributed by atoms with Crippen LogP contribution in [0.1, 0.15) is 76.7 Å². The average Bonchev–Trinajstić information content (AvgIpc) is 3.43. The number of carbonyl (C=O) groups excluding carboxylic acids is 2. The van der Waals surface area contributed by atoms with E-state index in [1.807, 2.05) is 19.9 Å². The maximum absolute atomic E-state index is 15.0. The summed E-state index contributed by atoms with van der Waals surface area (Å²) in [6, 6.07) is 8.06. The van der Waals surface area contributed by atoms with Crippen LogP contribution in [0.15, 0.2) is 36.4 Å². The van der Waals surface area contributed by atoms with Crippen molar-refractivity contribution in [1.29, 1.82) is 0 Å². The van der Waals surface area contributed by atoms with Crippen molar-refractivity contribution in [1.82, 2.24) is 15.7 Å². The Kier molecular flexibility index (Phi) is 11.4. The van der Waals surface area contributed by atoms with Crippen LogP contribution < -0.4 is 15.4 Å². The quantitative estimate of drug-likeness (QED) is 0.211. The summed E-state index contributed by atoms with van der Waals surface area (Å²) < 4.78 is 20.9. The molecule has 0 aromatic heterocycles. The Bertz CT molecular complexity index is 1500. The van der Waals surface area contributed by atoms with Gasteiger partial charge in [-0.15, -0.1) is 0 Å². The zero-order valence-corrected chi connectivity index (χ0v) is 29.8. The lowest BCUT2D eigenvalue weighted by molar-refractivity contribution is -0.183. The van der Waals surface area contributed by atoms with Crippen molar-refractivity contribution in [2.24, 2.45) is 35.0 Å². The molecule has 1 heterocycles. The van der Waals surface area contributed by atoms with Gasteiger partial charge in [-0.25, -0.2) is 4.39 Å². The van der Waals surface area contributed by atoms with Crippen molar-refractivity contribution in [3.8, 4) is 16.9 Å². The molecule has 5 N–H and O–H groups in total. The smallest absolute Gasteiger partial charge is 0.251 e. The molecule has 270 valence electrons. The van der Waals surface area contributed by atoms with Crippen LogP contribution in [0.4, 0.5) is 4.39 Å². The van der Waals surface area contributed by atoms with Crippen LogP contribution in [0.3, 0.4) is 0 Å². The number of rotatable bonds is 13. The lowest BCUT2D eigenvalue weighted by atomic mass is 9.45. The van der Waals surface area contributed by atoms with E-state index < -0.39 is 41.9 Å². The first-order valence-electron chi connectivity index (χ1n) is 17.6. The number of para-hydroxylation sites is 1. The number of halogens is 1. The van der Waals surface area contributed by atoms with E-state index in [0.29, 0.717) is 46.6 Å². The first-order valence-corrected chi connectivity index (χ1v) is 17.6. The fraction of sp³-hybridized carbons (Fsp3) is 0.632. The molecule has 1 aliphatic heterocycles. The van der Waals surface area contributed by atoms with Crippen LogP contribution in [0.5, 0.6) is 5.75 Å². The van der Waals surface area contributed by atoms with Gasteiger partial charge in [-0.1, -0.05) is 52.8 Å². The predicted octanol–water partition coefficient (Wildman–Crippen LogP) is 4.30. The third-order valence-electron chi connectivity index (χ3n) is 11.5. The molecule has 11 heteroatoms. The van der Waals surface area contributed by atoms with Crippen molar-refractivity contribution in [3.05, 3.63) is 53.3 Å². The fourth-order valence-corrected chi connectivity index (χ4v) is 8.72. The maximum Gasteiger partial charge on any atom is 0.251 e. The van der Waals surface area contributed by atoms with Gasteiger partial charge in [0, 0.05) is 28.7 Å². The minimum absolute atomic E-state index is 0.00391. The Labute approximate surface area is 289 Å². The molecule has 4 fully saturated rings. The largest absolute Gasteiger partial charge is 0.496 e. The number of amides is 2. The van der Waals surface area contributed by atoms with Gasteiger partial charge >= 0.3 is 0 Å². The molecule has 6 rings (SSSR count). The van der Waals surface area contributed by atoms with Gasteiger partial charge in [0.25, 0.3) is 5.91 Å². The number of hydrogen-bond acceptors (Lipinski definition) is 8. The van der Waals surface area contributed by atoms with E-state index in [0.717, 1.165) is 12.5 Å². The van der Waals surface area contributed by atoms with Gasteiger partial charge in [-0.2, -0.15) is 5.06 Å². The van der Waals surface area contributed by atoms with Crippen molar-refractivity contribution >= 4 is 11.8 Å². The predicted molar refractivity (Wildman–Crippen MR) is 184 cm³/mol. The summed E-state index contributed by atoms with van der Waals surface area (Å²) in [5.74, 6) is -0.0233. The van der Waals surface area contributed by atoms with E-state index in [-0.39, 0.29) is 48.6 Å². The van der Waals surface area contributed by atoms with Crippen LogP contribution in [0, 0.1) is 40.8 Å². The molecule has 2 amide bonds. The highest BCUT2D eigenvalue weighted by molar-refractivity contribution is 5.96. The molecule has 0 spiro atoms. The Morgan fingerprint density at radius 3 is 2.47 bits per heavy atom. The second-order valence-electron chi connectivity index (χ2n) is 15.4. The molecule has 4 aliphatic rings. The van der Waals surface area contributed by atoms with Gasteiger partial charge in [0.1, 0.15) is 23.7 Å². The standard InChI is InChI=1S/C38H54FN3O7/c1-20(2)11-28(18-43)40-36(46)25-12-24(13-27(39)14-25)29-10-8-9-23(35(29)48-7)17-42-34(33(22(4)45)32(19-44)49-42)37(47)41-31-16-26-15-30(21(31)3)38(26,5)6/h8-10,12-14,20-22,26,28,30-34,43-45H,11,15-19H2,1-7H3,(H,40,46)(H,41,47)/t21-,22-,26?,28-,30-,31-,32-,33+,34?/m0/s1. The van der Waals surface area contributed by atoms with Crippen molar-refractivity contribution in [3.63, 3.8) is 0 Å². The summed E-state index contributed by atoms with van der Waals surface area (Å²) in [7, 11) is 1.49. The average molecular weight is 684 g/mol. The van der Waals surface area contributed by atoms with Crippen LogP contribution in [0.25, 0.3) is 11.1 Å². The molecular weight excluding hydrogens is 629 g/mol. The summed E-state index contributed by atoms with van der Waals surface area (Å²) >= 11 is 0. The normalized spacial score (nSPS) is 28.9. The summed E-state index contributed by atoms with van der Waals surface area (Å²) in [5, 5.41) is 38.4. The molecule has 3 saturated carbocycles. The molecule has 1 saturated heterocycles. The third-order valence-corrected chi connectivity index (χ3v) is 11.5. The van der Waals surface area contributed by atoms with Gasteiger partial charge in [0.05, 0.1) is 39.0 Å². The molecule has 3 aliphatic carbocycles. The fourth-order valence-electron chi connectivity index (χ4n) is 8.72. The second kappa shape index (κ2) is 15.0. The first-order chi connectivity index (χ1) is 23.2. The molecule has 2 aromatic carbocycles. The summed E-state index contributed by atoms with van der Waals surface area (Å²) in [4.78, 5) is 33.4. The number of nitrogens with zero attached hydrogens (tertiary/aromatic N) is 1. The maximum atomic E-state index is 15.0. The highest BCUT2D eigenvalue weighted by atomic mass is 19.1. The number of ether oxygens (including phenoxy) is 1. The Balaban J connectivity index is 1.41. The minimum atomic E-state index is -0.940. The lowest BCUT2D eigenvalue weighted by Gasteiger charge is -2.62. The monoisotopic (exact) mass is 683 g/mol. The van der Waals surface area contributed by atoms with Gasteiger partial charge in [0.2, 0.25) is 5.91 Å². The molecular formula is C38H54FN3O7. The van der Waals surface area contributed by atoms with Crippen LogP contribution in [-0.4, -0.2) is 82.9 Å². The zero-order chi connectivity index (χ0) is 35.8. The van der Waals surface area contributed by atoms with Gasteiger partial charge in [-0.05, 0) is 79.0 Å². The van der Waals surface area contributed by atoms with Crippen molar-refractivity contribution < 1.29 is 38.9 Å². The van der Waals surface area contributed by atoms with Crippen LogP contribution in [-0.2, 0) is 16.2 Å². The van der Waals surface area contributed by atoms with E-state index in [2.05, 4.69) is 31.4 Å². The number of aliphatic hydroxyl groups is 3. The molecule has 10 nitrogen and oxygen atoms in total. The molecule has 49 heavy (non-hydrogen) atoms. The van der Waals surface area contributed by atoms with Gasteiger partial charge in [0.15, 0.2) is 0 Å². The Morgan fingerprint density at radius 2 is 1.88 bits per heavy atom. The number of hydroxylamine groups is 2. The summed E-state index contributed by atoms with van der Waals surface area (Å²) in [5.41, 5.74) is 1.93. The van der Waals surface area contributed by atoms with Crippen molar-refractivity contribution in [2.75, 3.05) is 20.3 Å². The minimum Gasteiger partial charge on any atom is -0.496 e. The van der Waals surface area contributed by atoms with E-state index >= 15 is 4.39 Å². The zero-order valence-electron chi connectivity index (χ0n) is 29.8. The number of aliphatic hydroxyl groups excluding tert-OH is 3. The first kappa shape index (κ1) is 37.2. The number of methoxy groups -OCH3 is 1. The van der Waals surface area contributed by atoms with Crippen molar-refractivity contribution in [2.45, 2.75) is 97.7 Å². The van der Waals surface area contributed by atoms with Gasteiger partial charge < -0.3 is 30.7 Å². The number of fused-ring (bicyclic) bond motifs is 2. The topological polar surface area (TPSA) is 141 Å². The molecule has 9 atom stereocenters. The van der Waals surface area contributed by atoms with E-state index in [4.69, 9.17) is 9.57 Å². The lowest BCUT2D eigenvalue weighted by Crippen LogP contribution is -2.62.